The molecule has 11 heteroatoms. The molecule has 8 nitrogen and oxygen atoms in total. The van der Waals surface area contributed by atoms with Crippen molar-refractivity contribution in [3.05, 3.63) is 51.9 Å². The molecule has 3 N–H and O–H groups in total. The van der Waals surface area contributed by atoms with Crippen LogP contribution in [-0.2, 0) is 21.4 Å². The molecular weight excluding hydrogens is 498 g/mol. The van der Waals surface area contributed by atoms with E-state index in [1.54, 1.807) is 30.3 Å². The molecule has 2 atom stereocenters. The molecule has 34 heavy (non-hydrogen) atoms. The number of carbonyl (C=O) groups excluding carboxylic acids is 1. The second kappa shape index (κ2) is 12.1. The fraction of sp³-hybridized carbons (Fsp3) is 0.478. The van der Waals surface area contributed by atoms with Crippen LogP contribution in [-0.4, -0.2) is 54.9 Å². The third-order valence-electron chi connectivity index (χ3n) is 5.73. The molecule has 1 fully saturated rings. The Balaban J connectivity index is 1.62. The first-order valence-electron chi connectivity index (χ1n) is 11.3. The molecule has 1 aliphatic heterocycles. The van der Waals surface area contributed by atoms with Gasteiger partial charge in [0.05, 0.1) is 6.54 Å². The van der Waals surface area contributed by atoms with E-state index in [1.165, 1.54) is 6.07 Å². The number of nitrogens with zero attached hydrogens (tertiary/aromatic N) is 1. The highest BCUT2D eigenvalue weighted by atomic mass is 35.5. The summed E-state index contributed by atoms with van der Waals surface area (Å²) in [5.74, 6) is -1.45. The van der Waals surface area contributed by atoms with Gasteiger partial charge in [0, 0.05) is 28.0 Å². The molecule has 0 saturated carbocycles. The molecule has 3 rings (SSSR count). The molecule has 1 saturated heterocycles. The molecule has 1 aromatic carbocycles. The van der Waals surface area contributed by atoms with E-state index in [9.17, 15) is 23.1 Å². The zero-order valence-electron chi connectivity index (χ0n) is 19.0. The van der Waals surface area contributed by atoms with E-state index in [0.29, 0.717) is 15.5 Å². The van der Waals surface area contributed by atoms with Crippen LogP contribution in [0.2, 0.25) is 5.02 Å². The number of hydrogen-bond donors (Lipinski definition) is 3. The van der Waals surface area contributed by atoms with Crippen molar-refractivity contribution in [2.45, 2.75) is 61.9 Å². The number of rotatable bonds is 12. The van der Waals surface area contributed by atoms with Crippen LogP contribution in [0.4, 0.5) is 0 Å². The van der Waals surface area contributed by atoms with E-state index < -0.39 is 22.0 Å². The number of unbranched alkanes of at least 4 members (excludes halogenated alkanes) is 3. The van der Waals surface area contributed by atoms with E-state index in [4.69, 9.17) is 11.6 Å². The predicted molar refractivity (Wildman–Crippen MR) is 133 cm³/mol. The molecule has 1 unspecified atom stereocenters. The van der Waals surface area contributed by atoms with Gasteiger partial charge in [-0.3, -0.25) is 9.59 Å². The minimum absolute atomic E-state index is 0.0677. The zero-order valence-corrected chi connectivity index (χ0v) is 21.4. The quantitative estimate of drug-likeness (QED) is 0.362. The average Bonchev–Trinajstić information content (AvgIpc) is 3.46. The molecule has 0 spiro atoms. The summed E-state index contributed by atoms with van der Waals surface area (Å²) in [7, 11) is -3.98. The second-order valence-corrected chi connectivity index (χ2v) is 12.0. The van der Waals surface area contributed by atoms with Crippen LogP contribution in [0, 0.1) is 0 Å². The number of amides is 1. The number of carboxylic acids is 1. The topological polar surface area (TPSA) is 116 Å². The maximum absolute atomic E-state index is 13.3. The fourth-order valence-electron chi connectivity index (χ4n) is 3.88. The van der Waals surface area contributed by atoms with E-state index in [2.05, 4.69) is 17.6 Å². The van der Waals surface area contributed by atoms with Crippen molar-refractivity contribution in [1.29, 1.82) is 0 Å². The third kappa shape index (κ3) is 6.79. The van der Waals surface area contributed by atoms with Gasteiger partial charge in [-0.05, 0) is 55.8 Å². The Labute approximate surface area is 209 Å². The van der Waals surface area contributed by atoms with Gasteiger partial charge in [0.25, 0.3) is 15.9 Å². The number of aliphatic carboxylic acids is 1. The SMILES string of the molecule is CCCCCCNC1C[C@@H](C(=O)O)N(S(=O)(=O)c2ccc(CNC(=O)c3ccc(Cl)cc3)s2)C1. The summed E-state index contributed by atoms with van der Waals surface area (Å²) in [6, 6.07) is 8.25. The van der Waals surface area contributed by atoms with Crippen molar-refractivity contribution in [3.8, 4) is 0 Å². The van der Waals surface area contributed by atoms with Gasteiger partial charge >= 0.3 is 5.97 Å². The molecule has 1 aliphatic rings. The molecule has 186 valence electrons. The number of sulfonamides is 1. The number of hydrogen-bond acceptors (Lipinski definition) is 6. The first kappa shape index (κ1) is 26.6. The van der Waals surface area contributed by atoms with Gasteiger partial charge in [0.1, 0.15) is 10.3 Å². The van der Waals surface area contributed by atoms with Crippen LogP contribution in [0.3, 0.4) is 0 Å². The monoisotopic (exact) mass is 527 g/mol. The summed E-state index contributed by atoms with van der Waals surface area (Å²) >= 11 is 6.87. The summed E-state index contributed by atoms with van der Waals surface area (Å²) in [5.41, 5.74) is 0.448. The van der Waals surface area contributed by atoms with Crippen LogP contribution in [0.5, 0.6) is 0 Å². The first-order valence-corrected chi connectivity index (χ1v) is 14.0. The molecule has 2 heterocycles. The van der Waals surface area contributed by atoms with Gasteiger partial charge < -0.3 is 15.7 Å². The van der Waals surface area contributed by atoms with E-state index in [1.807, 2.05) is 0 Å². The van der Waals surface area contributed by atoms with E-state index in [0.717, 1.165) is 47.9 Å². The summed E-state index contributed by atoms with van der Waals surface area (Å²) in [6.07, 6.45) is 4.57. The van der Waals surface area contributed by atoms with Gasteiger partial charge in [0.15, 0.2) is 0 Å². The Morgan fingerprint density at radius 3 is 2.56 bits per heavy atom. The Morgan fingerprint density at radius 2 is 1.88 bits per heavy atom. The fourth-order valence-corrected chi connectivity index (χ4v) is 7.07. The lowest BCUT2D eigenvalue weighted by atomic mass is 10.1. The first-order chi connectivity index (χ1) is 16.2. The molecule has 2 aromatic rings. The Kier molecular flexibility index (Phi) is 9.49. The third-order valence-corrected chi connectivity index (χ3v) is 9.41. The Bertz CT molecular complexity index is 1090. The van der Waals surface area contributed by atoms with E-state index >= 15 is 0 Å². The molecule has 0 bridgehead atoms. The van der Waals surface area contributed by atoms with Crippen LogP contribution in [0.1, 0.15) is 54.3 Å². The average molecular weight is 528 g/mol. The lowest BCUT2D eigenvalue weighted by Crippen LogP contribution is -2.40. The predicted octanol–water partition coefficient (Wildman–Crippen LogP) is 3.72. The van der Waals surface area contributed by atoms with Crippen molar-refractivity contribution >= 4 is 44.8 Å². The van der Waals surface area contributed by atoms with E-state index in [-0.39, 0.29) is 35.7 Å². The minimum atomic E-state index is -3.98. The molecular formula is C23H30ClN3O5S2. The highest BCUT2D eigenvalue weighted by molar-refractivity contribution is 7.91. The lowest BCUT2D eigenvalue weighted by Gasteiger charge is -2.20. The van der Waals surface area contributed by atoms with Crippen molar-refractivity contribution in [2.24, 2.45) is 0 Å². The van der Waals surface area contributed by atoms with Gasteiger partial charge in [0.2, 0.25) is 0 Å². The van der Waals surface area contributed by atoms with Crippen LogP contribution in [0.25, 0.3) is 0 Å². The number of carboxylic acid groups (broad SMARTS) is 1. The van der Waals surface area contributed by atoms with Crippen LogP contribution < -0.4 is 10.6 Å². The zero-order chi connectivity index (χ0) is 24.7. The van der Waals surface area contributed by atoms with Crippen molar-refractivity contribution in [1.82, 2.24) is 14.9 Å². The van der Waals surface area contributed by atoms with Crippen LogP contribution >= 0.6 is 22.9 Å². The number of benzene rings is 1. The largest absolute Gasteiger partial charge is 0.480 e. The summed E-state index contributed by atoms with van der Waals surface area (Å²) in [5, 5.41) is 16.2. The minimum Gasteiger partial charge on any atom is -0.480 e. The number of carbonyl (C=O) groups is 2. The molecule has 1 amide bonds. The van der Waals surface area contributed by atoms with Gasteiger partial charge in [-0.1, -0.05) is 37.8 Å². The number of thiophene rings is 1. The van der Waals surface area contributed by atoms with Gasteiger partial charge in [-0.15, -0.1) is 11.3 Å². The Morgan fingerprint density at radius 1 is 1.15 bits per heavy atom. The molecule has 0 radical (unpaired) electrons. The molecule has 0 aliphatic carbocycles. The number of halogens is 1. The normalized spacial score (nSPS) is 18.8. The molecule has 1 aromatic heterocycles. The highest BCUT2D eigenvalue weighted by Crippen LogP contribution is 2.31. The number of nitrogens with one attached hydrogen (secondary N) is 2. The van der Waals surface area contributed by atoms with Crippen LogP contribution in [0.15, 0.2) is 40.6 Å². The summed E-state index contributed by atoms with van der Waals surface area (Å²) in [6.45, 7) is 3.15. The maximum atomic E-state index is 13.3. The second-order valence-electron chi connectivity index (χ2n) is 8.29. The van der Waals surface area contributed by atoms with Gasteiger partial charge in [-0.2, -0.15) is 4.31 Å². The smallest absolute Gasteiger partial charge is 0.322 e. The van der Waals surface area contributed by atoms with Crippen molar-refractivity contribution in [2.75, 3.05) is 13.1 Å². The Hall–Kier alpha value is -1.98. The lowest BCUT2D eigenvalue weighted by molar-refractivity contribution is -0.140. The maximum Gasteiger partial charge on any atom is 0.322 e. The highest BCUT2D eigenvalue weighted by Gasteiger charge is 2.44. The van der Waals surface area contributed by atoms with Crippen molar-refractivity contribution in [3.63, 3.8) is 0 Å². The summed E-state index contributed by atoms with van der Waals surface area (Å²) in [4.78, 5) is 24.7. The van der Waals surface area contributed by atoms with Crippen molar-refractivity contribution < 1.29 is 23.1 Å². The van der Waals surface area contributed by atoms with Gasteiger partial charge in [-0.25, -0.2) is 8.42 Å². The standard InChI is InChI=1S/C23H30ClN3O5S2/c1-2-3-4-5-12-25-18-13-20(23(29)30)27(15-18)34(31,32)21-11-10-19(33-21)14-26-22(28)16-6-8-17(24)9-7-16/h6-11,18,20,25H,2-5,12-15H2,1H3,(H,26,28)(H,29,30)/t18?,20-/m0/s1. The summed E-state index contributed by atoms with van der Waals surface area (Å²) < 4.78 is 27.7.